The van der Waals surface area contributed by atoms with Gasteiger partial charge in [0, 0.05) is 12.1 Å². The van der Waals surface area contributed by atoms with Gasteiger partial charge in [-0.05, 0) is 12.1 Å². The number of aliphatic hydroxyl groups is 2. The number of aliphatic hydroxyl groups excluding tert-OH is 2. The quantitative estimate of drug-likeness (QED) is 0.592. The molecule has 0 fully saturated rings. The lowest BCUT2D eigenvalue weighted by Gasteiger charge is -2.10. The fourth-order valence-corrected chi connectivity index (χ4v) is 1.78. The molecule has 2 rings (SSSR count). The number of anilines is 1. The van der Waals surface area contributed by atoms with Gasteiger partial charge in [0.15, 0.2) is 11.5 Å². The molecule has 23 heavy (non-hydrogen) atoms. The monoisotopic (exact) mass is 313 g/mol. The zero-order valence-corrected chi connectivity index (χ0v) is 12.1. The number of aromatic nitrogens is 2. The number of rotatable bonds is 5. The van der Waals surface area contributed by atoms with Gasteiger partial charge in [-0.3, -0.25) is 4.79 Å². The van der Waals surface area contributed by atoms with Gasteiger partial charge in [0.2, 0.25) is 0 Å². The molecule has 8 nitrogen and oxygen atoms in total. The summed E-state index contributed by atoms with van der Waals surface area (Å²) in [5.41, 5.74) is 7.21. The van der Waals surface area contributed by atoms with Gasteiger partial charge >= 0.3 is 0 Å². The Labute approximate surface area is 132 Å². The van der Waals surface area contributed by atoms with E-state index >= 15 is 0 Å². The van der Waals surface area contributed by atoms with Gasteiger partial charge in [0.25, 0.3) is 5.91 Å². The summed E-state index contributed by atoms with van der Waals surface area (Å²) in [4.78, 5) is 20.2. The molecular formula is C15H15N5O3. The van der Waals surface area contributed by atoms with Crippen molar-refractivity contribution >= 4 is 11.7 Å². The topological polar surface area (TPSA) is 145 Å². The van der Waals surface area contributed by atoms with E-state index in [1.54, 1.807) is 24.3 Å². The van der Waals surface area contributed by atoms with E-state index in [0.29, 0.717) is 16.8 Å². The van der Waals surface area contributed by atoms with E-state index in [9.17, 15) is 9.90 Å². The van der Waals surface area contributed by atoms with Gasteiger partial charge in [0.05, 0.1) is 36.2 Å². The minimum Gasteiger partial charge on any atom is -0.394 e. The lowest BCUT2D eigenvalue weighted by atomic mass is 10.1. The normalized spacial score (nSPS) is 11.5. The molecule has 8 heteroatoms. The van der Waals surface area contributed by atoms with Crippen LogP contribution in [0.25, 0.3) is 11.3 Å². The van der Waals surface area contributed by atoms with E-state index in [1.807, 2.05) is 6.07 Å². The fourth-order valence-electron chi connectivity index (χ4n) is 1.78. The van der Waals surface area contributed by atoms with Gasteiger partial charge < -0.3 is 21.3 Å². The maximum Gasteiger partial charge on any atom is 0.273 e. The van der Waals surface area contributed by atoms with E-state index in [0.717, 1.165) is 0 Å². The fraction of sp³-hybridized carbons (Fsp3) is 0.200. The Morgan fingerprint density at radius 1 is 1.39 bits per heavy atom. The van der Waals surface area contributed by atoms with Crippen LogP contribution in [-0.4, -0.2) is 45.3 Å². The van der Waals surface area contributed by atoms with Crippen LogP contribution in [0.4, 0.5) is 5.82 Å². The molecule has 0 aliphatic heterocycles. The van der Waals surface area contributed by atoms with Crippen LogP contribution in [0.1, 0.15) is 16.1 Å². The zero-order valence-electron chi connectivity index (χ0n) is 12.1. The number of nitriles is 1. The summed E-state index contributed by atoms with van der Waals surface area (Å²) in [6.45, 7) is -0.593. The van der Waals surface area contributed by atoms with E-state index in [1.165, 1.54) is 6.20 Å². The van der Waals surface area contributed by atoms with Crippen molar-refractivity contribution in [2.24, 2.45) is 0 Å². The first-order valence-corrected chi connectivity index (χ1v) is 6.75. The summed E-state index contributed by atoms with van der Waals surface area (Å²) in [6.07, 6.45) is 0.366. The first-order valence-electron chi connectivity index (χ1n) is 6.75. The molecule has 5 N–H and O–H groups in total. The van der Waals surface area contributed by atoms with Crippen LogP contribution in [-0.2, 0) is 0 Å². The predicted molar refractivity (Wildman–Crippen MR) is 82.0 cm³/mol. The Bertz CT molecular complexity index is 740. The third-order valence-corrected chi connectivity index (χ3v) is 3.03. The average molecular weight is 313 g/mol. The molecule has 0 saturated carbocycles. The van der Waals surface area contributed by atoms with Gasteiger partial charge in [-0.2, -0.15) is 5.26 Å². The standard InChI is InChI=1S/C15H15N5O3/c16-5-9-1-3-10(4-2-9)12-7-18-14(17)13(20-12)15(23)19-6-11(22)8-21/h1-4,7,11,21-22H,6,8H2,(H2,17,18)(H,19,23)/t11-/m0/s1. The van der Waals surface area contributed by atoms with Crippen molar-refractivity contribution in [2.75, 3.05) is 18.9 Å². The highest BCUT2D eigenvalue weighted by Gasteiger charge is 2.15. The Hall–Kier alpha value is -3.02. The number of amides is 1. The summed E-state index contributed by atoms with van der Waals surface area (Å²) >= 11 is 0. The minimum absolute atomic E-state index is 0.0432. The summed E-state index contributed by atoms with van der Waals surface area (Å²) in [5, 5.41) is 29.2. The third-order valence-electron chi connectivity index (χ3n) is 3.03. The molecule has 0 spiro atoms. The molecule has 0 aliphatic carbocycles. The average Bonchev–Trinajstić information content (AvgIpc) is 2.59. The first kappa shape index (κ1) is 16.4. The van der Waals surface area contributed by atoms with E-state index in [2.05, 4.69) is 15.3 Å². The lowest BCUT2D eigenvalue weighted by Crippen LogP contribution is -2.34. The molecule has 0 saturated heterocycles. The number of nitrogens with one attached hydrogen (secondary N) is 1. The van der Waals surface area contributed by atoms with E-state index < -0.39 is 18.6 Å². The zero-order chi connectivity index (χ0) is 16.8. The Balaban J connectivity index is 2.24. The van der Waals surface area contributed by atoms with Crippen LogP contribution in [0.5, 0.6) is 0 Å². The maximum atomic E-state index is 12.0. The summed E-state index contributed by atoms with van der Waals surface area (Å²) < 4.78 is 0. The molecule has 0 bridgehead atoms. The minimum atomic E-state index is -1.06. The van der Waals surface area contributed by atoms with Crippen molar-refractivity contribution in [1.82, 2.24) is 15.3 Å². The Morgan fingerprint density at radius 2 is 2.09 bits per heavy atom. The van der Waals surface area contributed by atoms with E-state index in [-0.39, 0.29) is 18.1 Å². The molecule has 1 amide bonds. The highest BCUT2D eigenvalue weighted by molar-refractivity contribution is 5.96. The number of hydrogen-bond acceptors (Lipinski definition) is 7. The van der Waals surface area contributed by atoms with Crippen LogP contribution in [0.3, 0.4) is 0 Å². The number of nitrogens with two attached hydrogens (primary N) is 1. The highest BCUT2D eigenvalue weighted by atomic mass is 16.3. The van der Waals surface area contributed by atoms with Gasteiger partial charge in [-0.25, -0.2) is 9.97 Å². The molecule has 1 aromatic carbocycles. The van der Waals surface area contributed by atoms with Crippen molar-refractivity contribution in [3.05, 3.63) is 41.7 Å². The lowest BCUT2D eigenvalue weighted by molar-refractivity contribution is 0.0799. The number of carbonyl (C=O) groups excluding carboxylic acids is 1. The third kappa shape index (κ3) is 4.00. The molecule has 1 atom stereocenters. The summed E-state index contributed by atoms with van der Waals surface area (Å²) in [7, 11) is 0. The van der Waals surface area contributed by atoms with Crippen molar-refractivity contribution in [1.29, 1.82) is 5.26 Å². The van der Waals surface area contributed by atoms with Crippen LogP contribution in [0.15, 0.2) is 30.5 Å². The number of hydrogen-bond donors (Lipinski definition) is 4. The molecule has 0 aliphatic rings. The maximum absolute atomic E-state index is 12.0. The van der Waals surface area contributed by atoms with Gasteiger partial charge in [0.1, 0.15) is 0 Å². The second-order valence-electron chi connectivity index (χ2n) is 4.72. The van der Waals surface area contributed by atoms with Crippen LogP contribution in [0.2, 0.25) is 0 Å². The molecule has 1 aromatic heterocycles. The van der Waals surface area contributed by atoms with Crippen molar-refractivity contribution in [3.8, 4) is 17.3 Å². The number of carbonyl (C=O) groups is 1. The van der Waals surface area contributed by atoms with Gasteiger partial charge in [-0.15, -0.1) is 0 Å². The molecule has 2 aromatic rings. The van der Waals surface area contributed by atoms with Crippen LogP contribution >= 0.6 is 0 Å². The predicted octanol–water partition coefficient (Wildman–Crippen LogP) is -0.320. The number of nitrogens with zero attached hydrogens (tertiary/aromatic N) is 3. The Kier molecular flexibility index (Phi) is 5.19. The number of nitrogen functional groups attached to an aromatic ring is 1. The second kappa shape index (κ2) is 7.31. The van der Waals surface area contributed by atoms with Crippen molar-refractivity contribution in [3.63, 3.8) is 0 Å². The molecule has 118 valence electrons. The molecular weight excluding hydrogens is 298 g/mol. The SMILES string of the molecule is N#Cc1ccc(-c2cnc(N)c(C(=O)NC[C@H](O)CO)n2)cc1. The molecule has 0 unspecified atom stereocenters. The smallest absolute Gasteiger partial charge is 0.273 e. The first-order chi connectivity index (χ1) is 11.0. The van der Waals surface area contributed by atoms with Crippen molar-refractivity contribution < 1.29 is 15.0 Å². The Morgan fingerprint density at radius 3 is 2.70 bits per heavy atom. The molecule has 0 radical (unpaired) electrons. The van der Waals surface area contributed by atoms with Crippen molar-refractivity contribution in [2.45, 2.75) is 6.10 Å². The largest absolute Gasteiger partial charge is 0.394 e. The summed E-state index contributed by atoms with van der Waals surface area (Å²) in [6, 6.07) is 8.65. The number of benzene rings is 1. The summed E-state index contributed by atoms with van der Waals surface area (Å²) in [5.74, 6) is -0.642. The van der Waals surface area contributed by atoms with Gasteiger partial charge in [-0.1, -0.05) is 12.1 Å². The second-order valence-corrected chi connectivity index (χ2v) is 4.72. The highest BCUT2D eigenvalue weighted by Crippen LogP contribution is 2.19. The van der Waals surface area contributed by atoms with Crippen LogP contribution < -0.4 is 11.1 Å². The van der Waals surface area contributed by atoms with Crippen LogP contribution in [0, 0.1) is 11.3 Å². The molecule has 1 heterocycles. The van der Waals surface area contributed by atoms with E-state index in [4.69, 9.17) is 16.1 Å².